The van der Waals surface area contributed by atoms with E-state index in [0.29, 0.717) is 5.82 Å². The number of benzene rings is 2. The highest BCUT2D eigenvalue weighted by Crippen LogP contribution is 2.30. The van der Waals surface area contributed by atoms with Crippen molar-refractivity contribution in [3.05, 3.63) is 77.9 Å². The van der Waals surface area contributed by atoms with Crippen LogP contribution in [-0.2, 0) is 19.4 Å². The van der Waals surface area contributed by atoms with Crippen molar-refractivity contribution in [2.45, 2.75) is 58.4 Å². The molecule has 0 unspecified atom stereocenters. The smallest absolute Gasteiger partial charge is 0.180 e. The number of allylic oxidation sites excluding steroid dienone is 2. The van der Waals surface area contributed by atoms with Crippen molar-refractivity contribution < 1.29 is 0 Å². The number of hydrogen-bond acceptors (Lipinski definition) is 5. The van der Waals surface area contributed by atoms with Gasteiger partial charge in [0.25, 0.3) is 0 Å². The molecule has 1 N–H and O–H groups in total. The van der Waals surface area contributed by atoms with Crippen LogP contribution in [-0.4, -0.2) is 35.4 Å². The molecule has 0 amide bonds. The number of H-pyrrole nitrogens is 1. The number of aromatic amines is 1. The van der Waals surface area contributed by atoms with Crippen molar-refractivity contribution in [3.63, 3.8) is 0 Å². The molecule has 4 aromatic rings. The quantitative estimate of drug-likeness (QED) is 0.360. The van der Waals surface area contributed by atoms with Gasteiger partial charge in [0, 0.05) is 18.4 Å². The molecule has 0 aliphatic heterocycles. The fourth-order valence-electron chi connectivity index (χ4n) is 4.84. The minimum atomic E-state index is 0.668. The van der Waals surface area contributed by atoms with Gasteiger partial charge in [0.15, 0.2) is 11.6 Å². The van der Waals surface area contributed by atoms with Crippen LogP contribution in [0.4, 0.5) is 0 Å². The summed E-state index contributed by atoms with van der Waals surface area (Å²) in [6.45, 7) is 2.77. The molecule has 2 aromatic heterocycles. The lowest BCUT2D eigenvalue weighted by molar-refractivity contribution is 0.351. The van der Waals surface area contributed by atoms with Gasteiger partial charge in [-0.15, -0.1) is 5.10 Å². The number of nitrogens with zero attached hydrogens (tertiary/aromatic N) is 6. The summed E-state index contributed by atoms with van der Waals surface area (Å²) < 4.78 is 2.08. The largest absolute Gasteiger partial charge is 0.245 e. The second-order valence-electron chi connectivity index (χ2n) is 9.08. The van der Waals surface area contributed by atoms with Gasteiger partial charge in [-0.2, -0.15) is 5.10 Å². The molecular weight excluding hydrogens is 422 g/mol. The second kappa shape index (κ2) is 10.5. The van der Waals surface area contributed by atoms with Crippen molar-refractivity contribution in [3.8, 4) is 22.5 Å². The maximum atomic E-state index is 4.93. The van der Waals surface area contributed by atoms with Crippen molar-refractivity contribution in [2.75, 3.05) is 0 Å². The second-order valence-corrected chi connectivity index (χ2v) is 9.08. The Morgan fingerprint density at radius 1 is 1.00 bits per heavy atom. The zero-order chi connectivity index (χ0) is 23.2. The van der Waals surface area contributed by atoms with E-state index in [1.165, 1.54) is 37.7 Å². The molecule has 174 valence electrons. The van der Waals surface area contributed by atoms with E-state index in [4.69, 9.17) is 10.1 Å². The molecule has 34 heavy (non-hydrogen) atoms. The van der Waals surface area contributed by atoms with Gasteiger partial charge in [0.2, 0.25) is 0 Å². The van der Waals surface area contributed by atoms with Crippen LogP contribution in [0.15, 0.2) is 60.7 Å². The molecule has 0 atom stereocenters. The van der Waals surface area contributed by atoms with Crippen LogP contribution < -0.4 is 0 Å². The molecular formula is C27H31N7. The van der Waals surface area contributed by atoms with Crippen molar-refractivity contribution in [1.82, 2.24) is 35.4 Å². The molecule has 2 aromatic carbocycles. The van der Waals surface area contributed by atoms with E-state index in [1.807, 2.05) is 18.2 Å². The van der Waals surface area contributed by atoms with Gasteiger partial charge < -0.3 is 0 Å². The summed E-state index contributed by atoms with van der Waals surface area (Å²) in [5.41, 5.74) is 4.41. The molecule has 1 saturated carbocycles. The highest BCUT2D eigenvalue weighted by molar-refractivity contribution is 5.80. The third-order valence-electron chi connectivity index (χ3n) is 6.65. The zero-order valence-electron chi connectivity index (χ0n) is 19.7. The van der Waals surface area contributed by atoms with Gasteiger partial charge in [0.05, 0.1) is 6.54 Å². The highest BCUT2D eigenvalue weighted by atomic mass is 15.5. The third-order valence-corrected chi connectivity index (χ3v) is 6.65. The minimum absolute atomic E-state index is 0.668. The van der Waals surface area contributed by atoms with Crippen LogP contribution in [0.2, 0.25) is 0 Å². The Balaban J connectivity index is 1.35. The van der Waals surface area contributed by atoms with Gasteiger partial charge in [-0.1, -0.05) is 92.8 Å². The monoisotopic (exact) mass is 453 g/mol. The van der Waals surface area contributed by atoms with E-state index in [2.05, 4.69) is 74.7 Å². The summed E-state index contributed by atoms with van der Waals surface area (Å²) in [5, 5.41) is 19.3. The summed E-state index contributed by atoms with van der Waals surface area (Å²) in [6.07, 6.45) is 12.7. The molecule has 2 heterocycles. The average molecular weight is 454 g/mol. The fraction of sp³-hybridized carbons (Fsp3) is 0.370. The van der Waals surface area contributed by atoms with Crippen LogP contribution in [0.5, 0.6) is 0 Å². The van der Waals surface area contributed by atoms with Crippen molar-refractivity contribution in [2.24, 2.45) is 5.92 Å². The first-order valence-corrected chi connectivity index (χ1v) is 12.3. The number of nitrogens with one attached hydrogen (secondary N) is 1. The van der Waals surface area contributed by atoms with E-state index < -0.39 is 0 Å². The summed E-state index contributed by atoms with van der Waals surface area (Å²) >= 11 is 0. The predicted octanol–water partition coefficient (Wildman–Crippen LogP) is 5.41. The van der Waals surface area contributed by atoms with E-state index in [-0.39, 0.29) is 0 Å². The predicted molar refractivity (Wildman–Crippen MR) is 133 cm³/mol. The Morgan fingerprint density at radius 3 is 2.53 bits per heavy atom. The third kappa shape index (κ3) is 5.14. The van der Waals surface area contributed by atoms with E-state index in [9.17, 15) is 0 Å². The molecule has 0 spiro atoms. The van der Waals surface area contributed by atoms with Gasteiger partial charge >= 0.3 is 0 Å². The van der Waals surface area contributed by atoms with Crippen LogP contribution in [0, 0.1) is 5.92 Å². The summed E-state index contributed by atoms with van der Waals surface area (Å²) in [7, 11) is 0. The van der Waals surface area contributed by atoms with Gasteiger partial charge in [0.1, 0.15) is 5.82 Å². The van der Waals surface area contributed by atoms with Gasteiger partial charge in [-0.3, -0.25) is 0 Å². The molecule has 1 aliphatic carbocycles. The first-order valence-electron chi connectivity index (χ1n) is 12.3. The summed E-state index contributed by atoms with van der Waals surface area (Å²) in [6, 6.07) is 16.8. The Kier molecular flexibility index (Phi) is 6.89. The molecule has 0 radical (unpaired) electrons. The van der Waals surface area contributed by atoms with Crippen LogP contribution >= 0.6 is 0 Å². The van der Waals surface area contributed by atoms with Gasteiger partial charge in [-0.05, 0) is 40.0 Å². The van der Waals surface area contributed by atoms with Crippen molar-refractivity contribution >= 4 is 0 Å². The minimum Gasteiger partial charge on any atom is -0.245 e. The zero-order valence-corrected chi connectivity index (χ0v) is 19.7. The van der Waals surface area contributed by atoms with Crippen molar-refractivity contribution in [1.29, 1.82) is 0 Å². The summed E-state index contributed by atoms with van der Waals surface area (Å²) in [4.78, 5) is 4.92. The highest BCUT2D eigenvalue weighted by Gasteiger charge is 2.18. The topological polar surface area (TPSA) is 85.2 Å². The summed E-state index contributed by atoms with van der Waals surface area (Å²) in [5.74, 6) is 3.44. The lowest BCUT2D eigenvalue weighted by Crippen LogP contribution is -2.11. The molecule has 7 nitrogen and oxygen atoms in total. The Bertz CT molecular complexity index is 1220. The Labute approximate surface area is 200 Å². The Hall–Kier alpha value is -3.61. The normalized spacial score (nSPS) is 14.7. The van der Waals surface area contributed by atoms with E-state index >= 15 is 0 Å². The average Bonchev–Trinajstić information content (AvgIpc) is 3.54. The molecule has 1 fully saturated rings. The molecule has 5 rings (SSSR count). The maximum Gasteiger partial charge on any atom is 0.180 e. The number of rotatable bonds is 8. The standard InChI is InChI=1S/C27H31N7/c1-2-3-13-26-28-25(18-20-9-5-4-6-10-20)31-34(26)19-21-14-16-22(17-15-21)23-11-7-8-12-24(23)27-29-32-33-30-27/h2-3,7-8,11-12,14-17,20H,4-6,9-10,13,18-19H2,1H3,(H,29,30,32,33)/b3-2+. The van der Waals surface area contributed by atoms with Gasteiger partial charge in [-0.25, -0.2) is 14.8 Å². The lowest BCUT2D eigenvalue weighted by atomic mass is 9.87. The lowest BCUT2D eigenvalue weighted by Gasteiger charge is -2.19. The van der Waals surface area contributed by atoms with E-state index in [0.717, 1.165) is 53.6 Å². The van der Waals surface area contributed by atoms with Crippen LogP contribution in [0.25, 0.3) is 22.5 Å². The first kappa shape index (κ1) is 22.2. The SMILES string of the molecule is C/C=C/Cc1nc(CC2CCCCC2)nn1Cc1ccc(-c2ccccc2-c2nnn[nH]2)cc1. The van der Waals surface area contributed by atoms with Crippen LogP contribution in [0.1, 0.15) is 56.2 Å². The number of aromatic nitrogens is 7. The molecule has 1 aliphatic rings. The first-order chi connectivity index (χ1) is 16.8. The molecule has 0 saturated heterocycles. The fourth-order valence-corrected chi connectivity index (χ4v) is 4.84. The number of tetrazole rings is 1. The maximum absolute atomic E-state index is 4.93. The van der Waals surface area contributed by atoms with Crippen LogP contribution in [0.3, 0.4) is 0 Å². The Morgan fingerprint density at radius 2 is 1.79 bits per heavy atom. The van der Waals surface area contributed by atoms with E-state index in [1.54, 1.807) is 0 Å². The number of hydrogen-bond donors (Lipinski definition) is 1. The molecule has 7 heteroatoms. The molecule has 0 bridgehead atoms.